The maximum Gasteiger partial charge on any atom is 0.408 e. The number of hydrogen-bond donors (Lipinski definition) is 2. The number of ether oxygens (including phenoxy) is 2. The van der Waals surface area contributed by atoms with E-state index >= 15 is 0 Å². The molecule has 2 N–H and O–H groups in total. The highest BCUT2D eigenvalue weighted by molar-refractivity contribution is 5.68. The molecule has 5 heteroatoms. The van der Waals surface area contributed by atoms with Crippen molar-refractivity contribution in [3.05, 3.63) is 0 Å². The quantitative estimate of drug-likeness (QED) is 0.836. The molecule has 0 aromatic rings. The molecule has 5 nitrogen and oxygen atoms in total. The van der Waals surface area contributed by atoms with Crippen molar-refractivity contribution in [2.24, 2.45) is 0 Å². The number of alkyl carbamates (subject to hydrolysis) is 1. The van der Waals surface area contributed by atoms with Gasteiger partial charge in [0.15, 0.2) is 0 Å². The average Bonchev–Trinajstić information content (AvgIpc) is 2.39. The van der Waals surface area contributed by atoms with E-state index in [0.29, 0.717) is 6.54 Å². The Morgan fingerprint density at radius 1 is 1.18 bits per heavy atom. The Morgan fingerprint density at radius 2 is 1.73 bits per heavy atom. The van der Waals surface area contributed by atoms with Gasteiger partial charge in [-0.05, 0) is 68.7 Å². The van der Waals surface area contributed by atoms with Crippen LogP contribution in [0, 0.1) is 0 Å². The third-order valence-electron chi connectivity index (χ3n) is 3.70. The van der Waals surface area contributed by atoms with E-state index in [1.54, 1.807) is 0 Å². The van der Waals surface area contributed by atoms with Gasteiger partial charge in [0, 0.05) is 12.6 Å². The summed E-state index contributed by atoms with van der Waals surface area (Å²) in [6.45, 7) is 18.6. The van der Waals surface area contributed by atoms with Crippen LogP contribution in [0.5, 0.6) is 0 Å². The molecule has 22 heavy (non-hydrogen) atoms. The van der Waals surface area contributed by atoms with Crippen LogP contribution in [0.4, 0.5) is 4.79 Å². The van der Waals surface area contributed by atoms with Gasteiger partial charge in [0.1, 0.15) is 5.60 Å². The monoisotopic (exact) mass is 314 g/mol. The standard InChI is InChI=1S/C17H34N2O3/c1-14(2,3)21-13(20)19-15(4,5)11-18-12-10-16(6,7)22-17(12,8)9/h12,18H,10-11H2,1-9H3,(H,19,20). The van der Waals surface area contributed by atoms with Crippen molar-refractivity contribution < 1.29 is 14.3 Å². The summed E-state index contributed by atoms with van der Waals surface area (Å²) in [6, 6.07) is 0.252. The van der Waals surface area contributed by atoms with Crippen LogP contribution in [-0.2, 0) is 9.47 Å². The molecule has 0 aliphatic carbocycles. The van der Waals surface area contributed by atoms with Gasteiger partial charge in [-0.3, -0.25) is 0 Å². The van der Waals surface area contributed by atoms with Crippen LogP contribution in [0.25, 0.3) is 0 Å². The van der Waals surface area contributed by atoms with Gasteiger partial charge in [-0.25, -0.2) is 4.79 Å². The van der Waals surface area contributed by atoms with Gasteiger partial charge in [-0.2, -0.15) is 0 Å². The molecule has 1 unspecified atom stereocenters. The summed E-state index contributed by atoms with van der Waals surface area (Å²) in [5.41, 5.74) is -1.22. The first-order chi connectivity index (χ1) is 9.62. The molecule has 0 spiro atoms. The highest BCUT2D eigenvalue weighted by Crippen LogP contribution is 2.37. The number of amides is 1. The van der Waals surface area contributed by atoms with Crippen LogP contribution in [-0.4, -0.2) is 41.0 Å². The molecule has 1 aliphatic rings. The van der Waals surface area contributed by atoms with Crippen LogP contribution >= 0.6 is 0 Å². The number of hydrogen-bond acceptors (Lipinski definition) is 4. The molecule has 1 atom stereocenters. The lowest BCUT2D eigenvalue weighted by molar-refractivity contribution is -0.0700. The molecule has 1 rings (SSSR count). The van der Waals surface area contributed by atoms with Gasteiger partial charge < -0.3 is 20.1 Å². The summed E-state index contributed by atoms with van der Waals surface area (Å²) in [5.74, 6) is 0. The van der Waals surface area contributed by atoms with Crippen LogP contribution < -0.4 is 10.6 Å². The molecule has 130 valence electrons. The summed E-state index contributed by atoms with van der Waals surface area (Å²) in [5, 5.41) is 6.46. The number of rotatable bonds is 4. The summed E-state index contributed by atoms with van der Waals surface area (Å²) < 4.78 is 11.4. The smallest absolute Gasteiger partial charge is 0.408 e. The number of carbonyl (C=O) groups excluding carboxylic acids is 1. The Labute approximate surface area is 135 Å². The van der Waals surface area contributed by atoms with Crippen molar-refractivity contribution in [1.29, 1.82) is 0 Å². The minimum Gasteiger partial charge on any atom is -0.444 e. The second-order valence-electron chi connectivity index (χ2n) is 9.11. The van der Waals surface area contributed by atoms with Crippen LogP contribution in [0.2, 0.25) is 0 Å². The molecule has 0 aromatic carbocycles. The maximum atomic E-state index is 11.9. The van der Waals surface area contributed by atoms with Gasteiger partial charge >= 0.3 is 6.09 Å². The lowest BCUT2D eigenvalue weighted by Gasteiger charge is -2.33. The number of carbonyl (C=O) groups is 1. The SMILES string of the molecule is CC(C)(CNC1CC(C)(C)OC1(C)C)NC(=O)OC(C)(C)C. The first kappa shape index (κ1) is 19.2. The van der Waals surface area contributed by atoms with E-state index in [1.807, 2.05) is 34.6 Å². The largest absolute Gasteiger partial charge is 0.444 e. The molecule has 1 amide bonds. The molecule has 1 aliphatic heterocycles. The molecule has 0 radical (unpaired) electrons. The Hall–Kier alpha value is -0.810. The second-order valence-corrected chi connectivity index (χ2v) is 9.11. The minimum atomic E-state index is -0.487. The van der Waals surface area contributed by atoms with E-state index < -0.39 is 11.1 Å². The van der Waals surface area contributed by atoms with Crippen LogP contribution in [0.15, 0.2) is 0 Å². The first-order valence-electron chi connectivity index (χ1n) is 8.07. The lowest BCUT2D eigenvalue weighted by atomic mass is 9.93. The van der Waals surface area contributed by atoms with E-state index in [0.717, 1.165) is 6.42 Å². The number of nitrogens with one attached hydrogen (secondary N) is 2. The Morgan fingerprint density at radius 3 is 2.14 bits per heavy atom. The third-order valence-corrected chi connectivity index (χ3v) is 3.70. The van der Waals surface area contributed by atoms with Gasteiger partial charge in [0.05, 0.1) is 16.7 Å². The normalized spacial score (nSPS) is 24.1. The molecule has 0 aromatic heterocycles. The third kappa shape index (κ3) is 6.13. The summed E-state index contributed by atoms with van der Waals surface area (Å²) in [4.78, 5) is 11.9. The van der Waals surface area contributed by atoms with Crippen molar-refractivity contribution in [2.75, 3.05) is 6.54 Å². The zero-order chi connectivity index (χ0) is 17.4. The van der Waals surface area contributed by atoms with Gasteiger partial charge in [-0.15, -0.1) is 0 Å². The summed E-state index contributed by atoms with van der Waals surface area (Å²) >= 11 is 0. The predicted molar refractivity (Wildman–Crippen MR) is 89.1 cm³/mol. The molecule has 1 saturated heterocycles. The van der Waals surface area contributed by atoms with Crippen LogP contribution in [0.3, 0.4) is 0 Å². The van der Waals surface area contributed by atoms with E-state index in [-0.39, 0.29) is 23.3 Å². The zero-order valence-corrected chi connectivity index (χ0v) is 15.7. The van der Waals surface area contributed by atoms with Crippen LogP contribution in [0.1, 0.15) is 68.7 Å². The lowest BCUT2D eigenvalue weighted by Crippen LogP contribution is -2.55. The first-order valence-corrected chi connectivity index (χ1v) is 8.07. The summed E-state index contributed by atoms with van der Waals surface area (Å²) in [7, 11) is 0. The molecule has 0 bridgehead atoms. The van der Waals surface area contributed by atoms with Gasteiger partial charge in [0.2, 0.25) is 0 Å². The topological polar surface area (TPSA) is 59.6 Å². The maximum absolute atomic E-state index is 11.9. The van der Waals surface area contributed by atoms with Gasteiger partial charge in [0.25, 0.3) is 0 Å². The van der Waals surface area contributed by atoms with Crippen molar-refractivity contribution in [2.45, 2.75) is 97.1 Å². The molecule has 0 saturated carbocycles. The predicted octanol–water partition coefficient (Wildman–Crippen LogP) is 3.23. The highest BCUT2D eigenvalue weighted by atomic mass is 16.6. The van der Waals surface area contributed by atoms with Crippen molar-refractivity contribution in [3.8, 4) is 0 Å². The van der Waals surface area contributed by atoms with Crippen molar-refractivity contribution in [3.63, 3.8) is 0 Å². The fourth-order valence-corrected chi connectivity index (χ4v) is 2.88. The average molecular weight is 314 g/mol. The second kappa shape index (κ2) is 6.00. The van der Waals surface area contributed by atoms with Gasteiger partial charge in [-0.1, -0.05) is 0 Å². The highest BCUT2D eigenvalue weighted by Gasteiger charge is 2.46. The fourth-order valence-electron chi connectivity index (χ4n) is 2.88. The Bertz CT molecular complexity index is 409. The fraction of sp³-hybridized carbons (Fsp3) is 0.941. The summed E-state index contributed by atoms with van der Waals surface area (Å²) in [6.07, 6.45) is 0.559. The molecular formula is C17H34N2O3. The van der Waals surface area contributed by atoms with E-state index in [4.69, 9.17) is 9.47 Å². The Balaban J connectivity index is 2.54. The zero-order valence-electron chi connectivity index (χ0n) is 15.7. The van der Waals surface area contributed by atoms with E-state index in [1.165, 1.54) is 0 Å². The van der Waals surface area contributed by atoms with E-state index in [2.05, 4.69) is 38.3 Å². The van der Waals surface area contributed by atoms with Crippen molar-refractivity contribution >= 4 is 6.09 Å². The Kier molecular flexibility index (Phi) is 5.25. The molecule has 1 fully saturated rings. The van der Waals surface area contributed by atoms with Crippen molar-refractivity contribution in [1.82, 2.24) is 10.6 Å². The van der Waals surface area contributed by atoms with E-state index in [9.17, 15) is 4.79 Å². The molecule has 1 heterocycles. The molecular weight excluding hydrogens is 280 g/mol. The minimum absolute atomic E-state index is 0.121.